The quantitative estimate of drug-likeness (QED) is 0.591. The third-order valence-electron chi connectivity index (χ3n) is 3.58. The summed E-state index contributed by atoms with van der Waals surface area (Å²) in [5.41, 5.74) is 6.72. The van der Waals surface area contributed by atoms with E-state index in [9.17, 15) is 0 Å². The molecule has 0 fully saturated rings. The number of rotatable bonds is 4. The zero-order valence-corrected chi connectivity index (χ0v) is 14.8. The number of pyridine rings is 1. The predicted octanol–water partition coefficient (Wildman–Crippen LogP) is 4.22. The molecule has 0 radical (unpaired) electrons. The average molecular weight is 354 g/mol. The van der Waals surface area contributed by atoms with E-state index in [0.29, 0.717) is 0 Å². The van der Waals surface area contributed by atoms with Gasteiger partial charge in [0.15, 0.2) is 10.9 Å². The normalized spacial score (nSPS) is 11.1. The zero-order valence-electron chi connectivity index (χ0n) is 13.1. The van der Waals surface area contributed by atoms with Crippen molar-refractivity contribution >= 4 is 43.8 Å². The monoisotopic (exact) mass is 354 g/mol. The fraction of sp³-hybridized carbons (Fsp3) is 0.188. The molecule has 0 unspecified atom stereocenters. The number of anilines is 2. The Kier molecular flexibility index (Phi) is 3.91. The highest BCUT2D eigenvalue weighted by Gasteiger charge is 2.18. The van der Waals surface area contributed by atoms with E-state index < -0.39 is 0 Å². The van der Waals surface area contributed by atoms with Crippen molar-refractivity contribution in [2.45, 2.75) is 20.3 Å². The van der Waals surface area contributed by atoms with Gasteiger partial charge in [-0.1, -0.05) is 6.92 Å². The van der Waals surface area contributed by atoms with Crippen LogP contribution in [-0.4, -0.2) is 24.9 Å². The fourth-order valence-electron chi connectivity index (χ4n) is 2.55. The molecule has 0 aromatic carbocycles. The summed E-state index contributed by atoms with van der Waals surface area (Å²) >= 11 is 3.17. The van der Waals surface area contributed by atoms with Gasteiger partial charge in [-0.2, -0.15) is 0 Å². The molecule has 4 heterocycles. The Morgan fingerprint density at radius 3 is 2.67 bits per heavy atom. The van der Waals surface area contributed by atoms with Crippen LogP contribution in [0.5, 0.6) is 0 Å². The van der Waals surface area contributed by atoms with Crippen LogP contribution in [0, 0.1) is 6.92 Å². The number of fused-ring (bicyclic) bond motifs is 1. The van der Waals surface area contributed by atoms with Gasteiger partial charge in [-0.05, 0) is 13.3 Å². The van der Waals surface area contributed by atoms with Gasteiger partial charge in [0.25, 0.3) is 0 Å². The lowest BCUT2D eigenvalue weighted by molar-refractivity contribution is 1.04. The first-order valence-electron chi connectivity index (χ1n) is 7.47. The second-order valence-electron chi connectivity index (χ2n) is 5.21. The maximum absolute atomic E-state index is 4.82. The highest BCUT2D eigenvalue weighted by atomic mass is 32.1. The van der Waals surface area contributed by atoms with Crippen molar-refractivity contribution in [1.29, 1.82) is 0 Å². The van der Waals surface area contributed by atoms with Crippen LogP contribution in [-0.2, 0) is 6.42 Å². The maximum atomic E-state index is 4.82. The van der Waals surface area contributed by atoms with Crippen LogP contribution in [0.1, 0.15) is 18.3 Å². The summed E-state index contributed by atoms with van der Waals surface area (Å²) < 4.78 is 1.09. The molecule has 4 aromatic heterocycles. The summed E-state index contributed by atoms with van der Waals surface area (Å²) in [4.78, 5) is 22.1. The Morgan fingerprint density at radius 2 is 1.96 bits per heavy atom. The largest absolute Gasteiger partial charge is 0.314 e. The van der Waals surface area contributed by atoms with Crippen LogP contribution >= 0.6 is 22.7 Å². The number of nitrogens with one attached hydrogen (secondary N) is 1. The second kappa shape index (κ2) is 6.21. The standard InChI is InChI=1S/C16H14N6S2/c1-3-11-12(10-4-17-7-18-5-10)14-13(19-8-24-14)15(21-11)22-16-20-9(2)6-23-16/h4-8H,3H2,1-2H3,(H,20,21,22). The SMILES string of the molecule is CCc1nc(Nc2nc(C)cs2)c2ncsc2c1-c1cncnc1. The van der Waals surface area contributed by atoms with E-state index >= 15 is 0 Å². The van der Waals surface area contributed by atoms with Crippen molar-refractivity contribution in [3.8, 4) is 11.1 Å². The van der Waals surface area contributed by atoms with Crippen LogP contribution in [0.3, 0.4) is 0 Å². The molecule has 120 valence electrons. The first-order valence-corrected chi connectivity index (χ1v) is 9.22. The molecule has 0 spiro atoms. The minimum atomic E-state index is 0.748. The molecule has 0 aliphatic rings. The molecule has 6 nitrogen and oxygen atoms in total. The number of nitrogens with zero attached hydrogens (tertiary/aromatic N) is 5. The Morgan fingerprint density at radius 1 is 1.12 bits per heavy atom. The van der Waals surface area contributed by atoms with E-state index in [1.807, 2.05) is 30.2 Å². The lowest BCUT2D eigenvalue weighted by Crippen LogP contribution is -2.01. The van der Waals surface area contributed by atoms with Crippen molar-refractivity contribution in [1.82, 2.24) is 24.9 Å². The predicted molar refractivity (Wildman–Crippen MR) is 98.0 cm³/mol. The molecular formula is C16H14N6S2. The van der Waals surface area contributed by atoms with Gasteiger partial charge in [-0.15, -0.1) is 22.7 Å². The number of thiazole rings is 2. The third-order valence-corrected chi connectivity index (χ3v) is 5.30. The topological polar surface area (TPSA) is 76.5 Å². The van der Waals surface area contributed by atoms with Crippen molar-refractivity contribution in [3.05, 3.63) is 41.0 Å². The molecule has 4 rings (SSSR count). The molecule has 0 aliphatic heterocycles. The number of aryl methyl sites for hydroxylation is 2. The van der Waals surface area contributed by atoms with Gasteiger partial charge in [-0.3, -0.25) is 0 Å². The highest BCUT2D eigenvalue weighted by molar-refractivity contribution is 7.17. The van der Waals surface area contributed by atoms with E-state index in [1.54, 1.807) is 22.7 Å². The second-order valence-corrected chi connectivity index (χ2v) is 6.92. The molecular weight excluding hydrogens is 340 g/mol. The Balaban J connectivity index is 1.90. The van der Waals surface area contributed by atoms with Crippen molar-refractivity contribution in [3.63, 3.8) is 0 Å². The van der Waals surface area contributed by atoms with Gasteiger partial charge in [0, 0.05) is 28.9 Å². The van der Waals surface area contributed by atoms with Crippen LogP contribution in [0.25, 0.3) is 21.3 Å². The molecule has 0 aliphatic carbocycles. The number of hydrogen-bond donors (Lipinski definition) is 1. The Hall–Kier alpha value is -2.45. The average Bonchev–Trinajstić information content (AvgIpc) is 3.24. The summed E-state index contributed by atoms with van der Waals surface area (Å²) in [7, 11) is 0. The van der Waals surface area contributed by atoms with Gasteiger partial charge in [0.2, 0.25) is 0 Å². The van der Waals surface area contributed by atoms with Gasteiger partial charge in [0.1, 0.15) is 11.8 Å². The van der Waals surface area contributed by atoms with Crippen molar-refractivity contribution in [2.24, 2.45) is 0 Å². The van der Waals surface area contributed by atoms with Crippen LogP contribution in [0.2, 0.25) is 0 Å². The number of hydrogen-bond acceptors (Lipinski definition) is 8. The summed E-state index contributed by atoms with van der Waals surface area (Å²) in [5, 5.41) is 6.15. The molecule has 24 heavy (non-hydrogen) atoms. The fourth-order valence-corrected chi connectivity index (χ4v) is 4.11. The molecule has 0 saturated heterocycles. The van der Waals surface area contributed by atoms with Gasteiger partial charge < -0.3 is 5.32 Å². The van der Waals surface area contributed by atoms with Gasteiger partial charge >= 0.3 is 0 Å². The minimum absolute atomic E-state index is 0.748. The first-order chi connectivity index (χ1) is 11.8. The number of aromatic nitrogens is 5. The van der Waals surface area contributed by atoms with E-state index in [-0.39, 0.29) is 0 Å². The van der Waals surface area contributed by atoms with E-state index in [1.165, 1.54) is 6.33 Å². The van der Waals surface area contributed by atoms with Crippen LogP contribution in [0.4, 0.5) is 10.9 Å². The van der Waals surface area contributed by atoms with Crippen molar-refractivity contribution in [2.75, 3.05) is 5.32 Å². The minimum Gasteiger partial charge on any atom is -0.314 e. The molecule has 0 amide bonds. The van der Waals surface area contributed by atoms with E-state index in [4.69, 9.17) is 4.98 Å². The smallest absolute Gasteiger partial charge is 0.188 e. The molecule has 8 heteroatoms. The molecule has 0 bridgehead atoms. The summed E-state index contributed by atoms with van der Waals surface area (Å²) in [6.07, 6.45) is 5.98. The maximum Gasteiger partial charge on any atom is 0.188 e. The van der Waals surface area contributed by atoms with E-state index in [0.717, 1.165) is 50.1 Å². The first kappa shape index (κ1) is 15.1. The summed E-state index contributed by atoms with van der Waals surface area (Å²) in [6, 6.07) is 0. The lowest BCUT2D eigenvalue weighted by Gasteiger charge is -2.11. The zero-order chi connectivity index (χ0) is 16.5. The Labute approximate surface area is 146 Å². The van der Waals surface area contributed by atoms with Gasteiger partial charge in [-0.25, -0.2) is 24.9 Å². The molecule has 0 saturated carbocycles. The summed E-state index contributed by atoms with van der Waals surface area (Å²) in [6.45, 7) is 4.07. The molecule has 1 N–H and O–H groups in total. The molecule has 0 atom stereocenters. The molecule has 4 aromatic rings. The lowest BCUT2D eigenvalue weighted by atomic mass is 10.0. The van der Waals surface area contributed by atoms with Crippen LogP contribution in [0.15, 0.2) is 29.6 Å². The van der Waals surface area contributed by atoms with E-state index in [2.05, 4.69) is 32.2 Å². The highest BCUT2D eigenvalue weighted by Crippen LogP contribution is 2.37. The summed E-state index contributed by atoms with van der Waals surface area (Å²) in [5.74, 6) is 0.748. The van der Waals surface area contributed by atoms with Crippen LogP contribution < -0.4 is 5.32 Å². The van der Waals surface area contributed by atoms with Crippen molar-refractivity contribution < 1.29 is 0 Å². The Bertz CT molecular complexity index is 992. The third kappa shape index (κ3) is 2.63. The van der Waals surface area contributed by atoms with Gasteiger partial charge in [0.05, 0.1) is 21.6 Å².